The normalized spacial score (nSPS) is 13.6. The van der Waals surface area contributed by atoms with Crippen molar-refractivity contribution in [1.82, 2.24) is 10.0 Å². The van der Waals surface area contributed by atoms with Crippen LogP contribution >= 0.6 is 0 Å². The summed E-state index contributed by atoms with van der Waals surface area (Å²) in [6.45, 7) is 5.40. The zero-order chi connectivity index (χ0) is 19.5. The van der Waals surface area contributed by atoms with Crippen LogP contribution in [-0.2, 0) is 10.0 Å². The van der Waals surface area contributed by atoms with Crippen LogP contribution in [0.25, 0.3) is 0 Å². The van der Waals surface area contributed by atoms with Gasteiger partial charge in [0, 0.05) is 18.1 Å². The van der Waals surface area contributed by atoms with E-state index in [2.05, 4.69) is 10.0 Å². The van der Waals surface area contributed by atoms with Crippen LogP contribution in [0, 0.1) is 17.5 Å². The molecule has 0 bridgehead atoms. The monoisotopic (exact) mass is 386 g/mol. The van der Waals surface area contributed by atoms with Crippen LogP contribution in [-0.4, -0.2) is 20.5 Å². The van der Waals surface area contributed by atoms with Gasteiger partial charge in [0.05, 0.1) is 0 Å². The molecule has 1 atom stereocenters. The van der Waals surface area contributed by atoms with Crippen molar-refractivity contribution < 1.29 is 21.6 Å². The minimum atomic E-state index is -4.34. The van der Waals surface area contributed by atoms with E-state index in [1.807, 2.05) is 37.3 Å². The summed E-state index contributed by atoms with van der Waals surface area (Å²) < 4.78 is 66.8. The van der Waals surface area contributed by atoms with E-state index in [1.54, 1.807) is 13.8 Å². The zero-order valence-corrected chi connectivity index (χ0v) is 15.5. The second-order valence-electron chi connectivity index (χ2n) is 6.66. The smallest absolute Gasteiger partial charge is 0.243 e. The van der Waals surface area contributed by atoms with Gasteiger partial charge in [-0.1, -0.05) is 30.3 Å². The maximum Gasteiger partial charge on any atom is 0.243 e. The molecule has 1 unspecified atom stereocenters. The summed E-state index contributed by atoms with van der Waals surface area (Å²) in [5, 5.41) is 3.28. The summed E-state index contributed by atoms with van der Waals surface area (Å²) in [5.41, 5.74) is 0.340. The van der Waals surface area contributed by atoms with Crippen molar-refractivity contribution in [2.45, 2.75) is 37.2 Å². The molecule has 26 heavy (non-hydrogen) atoms. The lowest BCUT2D eigenvalue weighted by molar-refractivity contribution is 0.346. The predicted molar refractivity (Wildman–Crippen MR) is 93.6 cm³/mol. The number of sulfonamides is 1. The highest BCUT2D eigenvalue weighted by Gasteiger charge is 2.27. The standard InChI is InChI=1S/C18H21F3N2O2S/c1-12(13-7-5-4-6-8-13)23-18(2,3)11-22-26(24,25)15-10-9-14(19)16(20)17(15)21/h4-10,12,22-23H,11H2,1-3H3. The fourth-order valence-electron chi connectivity index (χ4n) is 2.53. The van der Waals surface area contributed by atoms with Gasteiger partial charge in [-0.05, 0) is 38.5 Å². The van der Waals surface area contributed by atoms with E-state index in [1.165, 1.54) is 0 Å². The van der Waals surface area contributed by atoms with Gasteiger partial charge in [-0.25, -0.2) is 26.3 Å². The van der Waals surface area contributed by atoms with E-state index in [0.717, 1.165) is 5.56 Å². The third kappa shape index (κ3) is 4.84. The first kappa shape index (κ1) is 20.4. The van der Waals surface area contributed by atoms with Crippen molar-refractivity contribution in [2.24, 2.45) is 0 Å². The molecule has 8 heteroatoms. The first-order valence-corrected chi connectivity index (χ1v) is 9.47. The van der Waals surface area contributed by atoms with Gasteiger partial charge in [0.2, 0.25) is 10.0 Å². The van der Waals surface area contributed by atoms with Crippen LogP contribution in [0.2, 0.25) is 0 Å². The van der Waals surface area contributed by atoms with Crippen molar-refractivity contribution in [1.29, 1.82) is 0 Å². The Balaban J connectivity index is 2.09. The van der Waals surface area contributed by atoms with Crippen LogP contribution in [0.4, 0.5) is 13.2 Å². The summed E-state index contributed by atoms with van der Waals surface area (Å²) in [5.74, 6) is -5.00. The van der Waals surface area contributed by atoms with Crippen molar-refractivity contribution in [3.05, 3.63) is 65.5 Å². The average Bonchev–Trinajstić information content (AvgIpc) is 2.58. The summed E-state index contributed by atoms with van der Waals surface area (Å²) in [6.07, 6.45) is 0. The Morgan fingerprint density at radius 2 is 1.62 bits per heavy atom. The number of halogens is 3. The quantitative estimate of drug-likeness (QED) is 0.716. The molecule has 0 radical (unpaired) electrons. The number of rotatable bonds is 7. The molecule has 0 saturated carbocycles. The molecule has 0 aliphatic heterocycles. The molecule has 0 heterocycles. The molecule has 2 N–H and O–H groups in total. The van der Waals surface area contributed by atoms with Crippen LogP contribution in [0.1, 0.15) is 32.4 Å². The van der Waals surface area contributed by atoms with E-state index in [4.69, 9.17) is 0 Å². The SMILES string of the molecule is CC(NC(C)(C)CNS(=O)(=O)c1ccc(F)c(F)c1F)c1ccccc1. The largest absolute Gasteiger partial charge is 0.304 e. The molecule has 2 aromatic rings. The van der Waals surface area contributed by atoms with Crippen molar-refractivity contribution in [2.75, 3.05) is 6.54 Å². The minimum Gasteiger partial charge on any atom is -0.304 e. The maximum absolute atomic E-state index is 13.8. The van der Waals surface area contributed by atoms with Crippen LogP contribution in [0.3, 0.4) is 0 Å². The highest BCUT2D eigenvalue weighted by atomic mass is 32.2. The van der Waals surface area contributed by atoms with Gasteiger partial charge >= 0.3 is 0 Å². The molecule has 2 aromatic carbocycles. The molecule has 0 aromatic heterocycles. The summed E-state index contributed by atoms with van der Waals surface area (Å²) >= 11 is 0. The second-order valence-corrected chi connectivity index (χ2v) is 8.39. The molecule has 0 aliphatic carbocycles. The van der Waals surface area contributed by atoms with Crippen LogP contribution < -0.4 is 10.0 Å². The summed E-state index contributed by atoms with van der Waals surface area (Å²) in [4.78, 5) is -0.927. The van der Waals surface area contributed by atoms with E-state index in [9.17, 15) is 21.6 Å². The Labute approximate surface area is 151 Å². The zero-order valence-electron chi connectivity index (χ0n) is 14.7. The molecule has 142 valence electrons. The fraction of sp³-hybridized carbons (Fsp3) is 0.333. The molecular weight excluding hydrogens is 365 g/mol. The van der Waals surface area contributed by atoms with E-state index < -0.39 is 37.9 Å². The van der Waals surface area contributed by atoms with Crippen molar-refractivity contribution >= 4 is 10.0 Å². The minimum absolute atomic E-state index is 0.0595. The summed E-state index contributed by atoms with van der Waals surface area (Å²) in [6, 6.07) is 10.8. The Morgan fingerprint density at radius 1 is 1.00 bits per heavy atom. The summed E-state index contributed by atoms with van der Waals surface area (Å²) in [7, 11) is -4.34. The van der Waals surface area contributed by atoms with Gasteiger partial charge in [0.25, 0.3) is 0 Å². The third-order valence-electron chi connectivity index (χ3n) is 3.90. The highest BCUT2D eigenvalue weighted by Crippen LogP contribution is 2.20. The Morgan fingerprint density at radius 3 is 2.23 bits per heavy atom. The Hall–Kier alpha value is -1.90. The Bertz CT molecular complexity index is 872. The van der Waals surface area contributed by atoms with Crippen molar-refractivity contribution in [3.8, 4) is 0 Å². The van der Waals surface area contributed by atoms with Gasteiger partial charge in [-0.15, -0.1) is 0 Å². The van der Waals surface area contributed by atoms with Crippen LogP contribution in [0.5, 0.6) is 0 Å². The lowest BCUT2D eigenvalue weighted by Gasteiger charge is -2.30. The number of benzene rings is 2. The molecule has 0 spiro atoms. The predicted octanol–water partition coefficient (Wildman–Crippen LogP) is 3.51. The molecular formula is C18H21F3N2O2S. The lowest BCUT2D eigenvalue weighted by Crippen LogP contribution is -2.49. The van der Waals surface area contributed by atoms with Gasteiger partial charge in [0.15, 0.2) is 17.5 Å². The van der Waals surface area contributed by atoms with Gasteiger partial charge in [-0.3, -0.25) is 0 Å². The molecule has 0 aliphatic rings. The van der Waals surface area contributed by atoms with Gasteiger partial charge in [-0.2, -0.15) is 0 Å². The van der Waals surface area contributed by atoms with E-state index >= 15 is 0 Å². The molecule has 2 rings (SSSR count). The highest BCUT2D eigenvalue weighted by molar-refractivity contribution is 7.89. The average molecular weight is 386 g/mol. The molecule has 0 saturated heterocycles. The van der Waals surface area contributed by atoms with E-state index in [0.29, 0.717) is 12.1 Å². The molecule has 4 nitrogen and oxygen atoms in total. The maximum atomic E-state index is 13.8. The van der Waals surface area contributed by atoms with Crippen LogP contribution in [0.15, 0.2) is 47.4 Å². The lowest BCUT2D eigenvalue weighted by atomic mass is 10.0. The van der Waals surface area contributed by atoms with Crippen molar-refractivity contribution in [3.63, 3.8) is 0 Å². The molecule has 0 fully saturated rings. The number of hydrogen-bond donors (Lipinski definition) is 2. The fourth-order valence-corrected chi connectivity index (χ4v) is 3.81. The van der Waals surface area contributed by atoms with Gasteiger partial charge < -0.3 is 5.32 Å². The first-order chi connectivity index (χ1) is 12.0. The Kier molecular flexibility index (Phi) is 6.10. The van der Waals surface area contributed by atoms with E-state index in [-0.39, 0.29) is 12.6 Å². The molecule has 0 amide bonds. The topological polar surface area (TPSA) is 58.2 Å². The number of nitrogens with one attached hydrogen (secondary N) is 2. The third-order valence-corrected chi connectivity index (χ3v) is 5.32. The van der Waals surface area contributed by atoms with Gasteiger partial charge in [0.1, 0.15) is 4.90 Å². The number of hydrogen-bond acceptors (Lipinski definition) is 3. The first-order valence-electron chi connectivity index (χ1n) is 7.99. The second kappa shape index (κ2) is 7.77.